The Hall–Kier alpha value is -1.64. The number of hydrogen-bond donors (Lipinski definition) is 0. The summed E-state index contributed by atoms with van der Waals surface area (Å²) < 4.78 is 6.82. The zero-order valence-electron chi connectivity index (χ0n) is 10.6. The number of methoxy groups -OCH3 is 1. The topological polar surface area (TPSA) is 29.3 Å². The number of carbonyl (C=O) groups excluding carboxylic acids is 1. The lowest BCUT2D eigenvalue weighted by atomic mass is 9.87. The Balaban J connectivity index is 2.23. The van der Waals surface area contributed by atoms with Crippen molar-refractivity contribution in [3.8, 4) is 0 Å². The number of para-hydroxylation sites is 1. The van der Waals surface area contributed by atoms with E-state index in [0.29, 0.717) is 13.0 Å². The fourth-order valence-electron chi connectivity index (χ4n) is 2.30. The minimum atomic E-state index is -0.166. The summed E-state index contributed by atoms with van der Waals surface area (Å²) in [4.78, 5) is 11.2. The SMILES string of the molecule is COC(=O)CC[N+]1=CC(C)(C)c2ccccc21. The smallest absolute Gasteiger partial charge is 0.311 e. The molecule has 3 nitrogen and oxygen atoms in total. The Morgan fingerprint density at radius 1 is 1.35 bits per heavy atom. The molecular weight excluding hydrogens is 214 g/mol. The van der Waals surface area contributed by atoms with Crippen LogP contribution in [0.4, 0.5) is 5.69 Å². The van der Waals surface area contributed by atoms with Crippen LogP contribution in [-0.4, -0.2) is 30.4 Å². The largest absolute Gasteiger partial charge is 0.469 e. The third-order valence-electron chi connectivity index (χ3n) is 3.17. The molecule has 1 heterocycles. The average molecular weight is 232 g/mol. The minimum absolute atomic E-state index is 0.0344. The average Bonchev–Trinajstić information content (AvgIpc) is 2.59. The molecule has 1 aliphatic rings. The Labute approximate surface area is 102 Å². The first-order valence-corrected chi connectivity index (χ1v) is 5.83. The van der Waals surface area contributed by atoms with Crippen LogP contribution in [0.1, 0.15) is 25.8 Å². The van der Waals surface area contributed by atoms with E-state index in [1.165, 1.54) is 18.4 Å². The normalized spacial score (nSPS) is 16.3. The van der Waals surface area contributed by atoms with Gasteiger partial charge in [0.15, 0.2) is 12.8 Å². The summed E-state index contributed by atoms with van der Waals surface area (Å²) in [6, 6.07) is 8.32. The highest BCUT2D eigenvalue weighted by Crippen LogP contribution is 2.35. The molecule has 0 radical (unpaired) electrons. The van der Waals surface area contributed by atoms with Crippen molar-refractivity contribution in [2.75, 3.05) is 13.7 Å². The second-order valence-electron chi connectivity index (χ2n) is 4.89. The highest BCUT2D eigenvalue weighted by atomic mass is 16.5. The van der Waals surface area contributed by atoms with Crippen LogP contribution in [0.3, 0.4) is 0 Å². The van der Waals surface area contributed by atoms with Crippen molar-refractivity contribution >= 4 is 17.9 Å². The maximum atomic E-state index is 11.2. The molecule has 0 N–H and O–H groups in total. The number of esters is 1. The van der Waals surface area contributed by atoms with Crippen molar-refractivity contribution in [3.63, 3.8) is 0 Å². The standard InChI is InChI=1S/C14H18NO2/c1-14(2)10-15(9-8-13(16)17-3)12-7-5-4-6-11(12)14/h4-7,10H,8-9H2,1-3H3/q+1. The fraction of sp³-hybridized carbons (Fsp3) is 0.429. The molecule has 0 unspecified atom stereocenters. The quantitative estimate of drug-likeness (QED) is 0.591. The second kappa shape index (κ2) is 4.32. The van der Waals surface area contributed by atoms with E-state index in [4.69, 9.17) is 0 Å². The Morgan fingerprint density at radius 3 is 2.76 bits per heavy atom. The predicted molar refractivity (Wildman–Crippen MR) is 67.0 cm³/mol. The minimum Gasteiger partial charge on any atom is -0.469 e. The number of hydrogen-bond acceptors (Lipinski definition) is 2. The highest BCUT2D eigenvalue weighted by Gasteiger charge is 2.36. The molecule has 0 spiro atoms. The zero-order chi connectivity index (χ0) is 12.5. The number of benzene rings is 1. The molecule has 0 aliphatic carbocycles. The number of ether oxygens (including phenoxy) is 1. The van der Waals surface area contributed by atoms with Gasteiger partial charge in [-0.25, -0.2) is 4.58 Å². The van der Waals surface area contributed by atoms with Gasteiger partial charge in [0.25, 0.3) is 0 Å². The van der Waals surface area contributed by atoms with E-state index in [-0.39, 0.29) is 11.4 Å². The molecule has 0 atom stereocenters. The molecule has 90 valence electrons. The van der Waals surface area contributed by atoms with E-state index in [1.807, 2.05) is 6.07 Å². The van der Waals surface area contributed by atoms with Crippen LogP contribution in [0.25, 0.3) is 0 Å². The van der Waals surface area contributed by atoms with Gasteiger partial charge in [0.05, 0.1) is 12.5 Å². The van der Waals surface area contributed by atoms with E-state index in [0.717, 1.165) is 0 Å². The van der Waals surface area contributed by atoms with Crippen LogP contribution in [0.2, 0.25) is 0 Å². The molecule has 0 saturated heterocycles. The molecule has 3 heteroatoms. The van der Waals surface area contributed by atoms with Gasteiger partial charge in [-0.2, -0.15) is 0 Å². The Bertz CT molecular complexity index is 475. The number of nitrogens with zero attached hydrogens (tertiary/aromatic N) is 1. The molecule has 0 fully saturated rings. The van der Waals surface area contributed by atoms with Crippen molar-refractivity contribution in [2.45, 2.75) is 25.7 Å². The molecule has 1 aromatic rings. The predicted octanol–water partition coefficient (Wildman–Crippen LogP) is 2.26. The van der Waals surface area contributed by atoms with Crippen LogP contribution in [-0.2, 0) is 14.9 Å². The summed E-state index contributed by atoms with van der Waals surface area (Å²) >= 11 is 0. The van der Waals surface area contributed by atoms with Crippen LogP contribution < -0.4 is 0 Å². The maximum Gasteiger partial charge on any atom is 0.311 e. The molecule has 0 amide bonds. The molecule has 2 rings (SSSR count). The summed E-state index contributed by atoms with van der Waals surface area (Å²) in [6.07, 6.45) is 2.60. The van der Waals surface area contributed by atoms with Crippen LogP contribution in [0, 0.1) is 0 Å². The lowest BCUT2D eigenvalue weighted by Gasteiger charge is -2.09. The molecule has 0 bridgehead atoms. The van der Waals surface area contributed by atoms with Crippen LogP contribution >= 0.6 is 0 Å². The van der Waals surface area contributed by atoms with Gasteiger partial charge in [0, 0.05) is 11.6 Å². The lowest BCUT2D eigenvalue weighted by molar-refractivity contribution is -0.432. The van der Waals surface area contributed by atoms with Crippen molar-refractivity contribution in [3.05, 3.63) is 29.8 Å². The Kier molecular flexibility index (Phi) is 3.01. The van der Waals surface area contributed by atoms with Gasteiger partial charge in [-0.1, -0.05) is 18.2 Å². The summed E-state index contributed by atoms with van der Waals surface area (Å²) in [5.74, 6) is -0.166. The molecule has 1 aromatic carbocycles. The van der Waals surface area contributed by atoms with Gasteiger partial charge in [0.2, 0.25) is 5.69 Å². The summed E-state index contributed by atoms with van der Waals surface area (Å²) in [7, 11) is 1.42. The van der Waals surface area contributed by atoms with Gasteiger partial charge in [-0.05, 0) is 13.8 Å². The van der Waals surface area contributed by atoms with Gasteiger partial charge >= 0.3 is 5.97 Å². The van der Waals surface area contributed by atoms with Gasteiger partial charge < -0.3 is 4.74 Å². The summed E-state index contributed by atoms with van der Waals surface area (Å²) in [6.45, 7) is 5.04. The number of rotatable bonds is 3. The third kappa shape index (κ3) is 2.23. The van der Waals surface area contributed by atoms with E-state index < -0.39 is 0 Å². The highest BCUT2D eigenvalue weighted by molar-refractivity contribution is 5.77. The number of fused-ring (bicyclic) bond motifs is 1. The van der Waals surface area contributed by atoms with E-state index in [9.17, 15) is 4.79 Å². The lowest BCUT2D eigenvalue weighted by Crippen LogP contribution is -2.18. The summed E-state index contributed by atoms with van der Waals surface area (Å²) in [5, 5.41) is 0. The molecule has 1 aliphatic heterocycles. The zero-order valence-corrected chi connectivity index (χ0v) is 10.6. The van der Waals surface area contributed by atoms with Gasteiger partial charge in [0.1, 0.15) is 6.42 Å². The van der Waals surface area contributed by atoms with Crippen LogP contribution in [0.5, 0.6) is 0 Å². The van der Waals surface area contributed by atoms with Crippen molar-refractivity contribution in [1.29, 1.82) is 0 Å². The number of carbonyl (C=O) groups is 1. The summed E-state index contributed by atoms with van der Waals surface area (Å²) in [5.41, 5.74) is 2.54. The van der Waals surface area contributed by atoms with Crippen molar-refractivity contribution in [2.24, 2.45) is 0 Å². The monoisotopic (exact) mass is 232 g/mol. The van der Waals surface area contributed by atoms with E-state index in [1.54, 1.807) is 0 Å². The first kappa shape index (κ1) is 11.8. The Morgan fingerprint density at radius 2 is 2.06 bits per heavy atom. The van der Waals surface area contributed by atoms with E-state index >= 15 is 0 Å². The fourth-order valence-corrected chi connectivity index (χ4v) is 2.30. The first-order chi connectivity index (χ1) is 8.04. The van der Waals surface area contributed by atoms with Crippen molar-refractivity contribution < 1.29 is 14.1 Å². The van der Waals surface area contributed by atoms with Gasteiger partial charge in [-0.3, -0.25) is 4.79 Å². The second-order valence-corrected chi connectivity index (χ2v) is 4.89. The molecule has 0 saturated carbocycles. The molecule has 17 heavy (non-hydrogen) atoms. The van der Waals surface area contributed by atoms with E-state index in [2.05, 4.69) is 47.6 Å². The molecule has 0 aromatic heterocycles. The van der Waals surface area contributed by atoms with Gasteiger partial charge in [-0.15, -0.1) is 0 Å². The first-order valence-electron chi connectivity index (χ1n) is 5.83. The van der Waals surface area contributed by atoms with Crippen LogP contribution in [0.15, 0.2) is 24.3 Å². The maximum absolute atomic E-state index is 11.2. The van der Waals surface area contributed by atoms with Crippen molar-refractivity contribution in [1.82, 2.24) is 0 Å². The third-order valence-corrected chi connectivity index (χ3v) is 3.17. The molecular formula is C14H18NO2+.